The summed E-state index contributed by atoms with van der Waals surface area (Å²) in [6.45, 7) is 8.37. The van der Waals surface area contributed by atoms with Crippen LogP contribution in [0.3, 0.4) is 0 Å². The van der Waals surface area contributed by atoms with E-state index in [0.29, 0.717) is 6.61 Å². The highest BCUT2D eigenvalue weighted by Crippen LogP contribution is 2.20. The van der Waals surface area contributed by atoms with Crippen LogP contribution < -0.4 is 0 Å². The van der Waals surface area contributed by atoms with Crippen molar-refractivity contribution in [2.75, 3.05) is 6.61 Å². The van der Waals surface area contributed by atoms with E-state index in [-0.39, 0.29) is 17.4 Å². The van der Waals surface area contributed by atoms with Crippen LogP contribution in [0.2, 0.25) is 0 Å². The third-order valence-corrected chi connectivity index (χ3v) is 2.89. The van der Waals surface area contributed by atoms with E-state index < -0.39 is 0 Å². The Balaban J connectivity index is 2.15. The average molecular weight is 260 g/mol. The predicted octanol–water partition coefficient (Wildman–Crippen LogP) is 3.19. The molecule has 0 saturated carbocycles. The van der Waals surface area contributed by atoms with Gasteiger partial charge in [-0.2, -0.15) is 0 Å². The lowest BCUT2D eigenvalue weighted by atomic mass is 9.99. The third-order valence-electron chi connectivity index (χ3n) is 2.89. The number of carbonyl (C=O) groups excluding carboxylic acids is 1. The van der Waals surface area contributed by atoms with Crippen LogP contribution in [0.15, 0.2) is 30.6 Å². The highest BCUT2D eigenvalue weighted by molar-refractivity contribution is 5.80. The molecule has 0 aliphatic heterocycles. The van der Waals surface area contributed by atoms with Gasteiger partial charge in [0.05, 0.1) is 24.0 Å². The third kappa shape index (κ3) is 3.13. The molecule has 4 heteroatoms. The van der Waals surface area contributed by atoms with Gasteiger partial charge in [0, 0.05) is 0 Å². The number of fused-ring (bicyclic) bond motifs is 1. The molecule has 0 amide bonds. The van der Waals surface area contributed by atoms with E-state index in [1.165, 1.54) is 0 Å². The average Bonchev–Trinajstić information content (AvgIpc) is 2.78. The summed E-state index contributed by atoms with van der Waals surface area (Å²) in [4.78, 5) is 16.3. The molecular weight excluding hydrogens is 240 g/mol. The zero-order valence-electron chi connectivity index (χ0n) is 11.9. The molecule has 1 atom stereocenters. The van der Waals surface area contributed by atoms with Gasteiger partial charge >= 0.3 is 5.97 Å². The van der Waals surface area contributed by atoms with Crippen LogP contribution in [0.5, 0.6) is 0 Å². The molecule has 1 aromatic carbocycles. The topological polar surface area (TPSA) is 44.1 Å². The first-order chi connectivity index (χ1) is 8.88. The summed E-state index contributed by atoms with van der Waals surface area (Å²) in [5.74, 6) is -0.224. The molecule has 2 rings (SSSR count). The molecule has 0 aliphatic rings. The van der Waals surface area contributed by atoms with E-state index in [4.69, 9.17) is 4.74 Å². The SMILES string of the molecule is CC(C(=O)OCC(C)(C)C)n1cnc2ccccc21. The zero-order valence-corrected chi connectivity index (χ0v) is 11.9. The number of carbonyl (C=O) groups is 1. The van der Waals surface area contributed by atoms with Crippen LogP contribution in [0.25, 0.3) is 11.0 Å². The van der Waals surface area contributed by atoms with Crippen molar-refractivity contribution in [2.45, 2.75) is 33.7 Å². The Hall–Kier alpha value is -1.84. The minimum atomic E-state index is -0.366. The number of para-hydroxylation sites is 2. The van der Waals surface area contributed by atoms with Gasteiger partial charge in [-0.3, -0.25) is 0 Å². The van der Waals surface area contributed by atoms with Crippen molar-refractivity contribution < 1.29 is 9.53 Å². The van der Waals surface area contributed by atoms with Crippen molar-refractivity contribution in [3.63, 3.8) is 0 Å². The minimum absolute atomic E-state index is 0.0214. The number of aromatic nitrogens is 2. The lowest BCUT2D eigenvalue weighted by molar-refractivity contribution is -0.149. The molecule has 1 aromatic heterocycles. The van der Waals surface area contributed by atoms with Gasteiger partial charge in [0.15, 0.2) is 0 Å². The summed E-state index contributed by atoms with van der Waals surface area (Å²) in [5, 5.41) is 0. The first-order valence-corrected chi connectivity index (χ1v) is 6.47. The van der Waals surface area contributed by atoms with E-state index >= 15 is 0 Å². The van der Waals surface area contributed by atoms with Gasteiger partial charge < -0.3 is 9.30 Å². The van der Waals surface area contributed by atoms with Gasteiger partial charge in [0.25, 0.3) is 0 Å². The van der Waals surface area contributed by atoms with Crippen LogP contribution in [-0.2, 0) is 9.53 Å². The predicted molar refractivity (Wildman–Crippen MR) is 74.9 cm³/mol. The molecule has 2 aromatic rings. The highest BCUT2D eigenvalue weighted by Gasteiger charge is 2.21. The second-order valence-electron chi connectivity index (χ2n) is 5.98. The first kappa shape index (κ1) is 13.6. The van der Waals surface area contributed by atoms with Crippen molar-refractivity contribution in [1.82, 2.24) is 9.55 Å². The normalized spacial score (nSPS) is 13.5. The van der Waals surface area contributed by atoms with Gasteiger partial charge in [-0.1, -0.05) is 32.9 Å². The molecule has 0 aliphatic carbocycles. The Labute approximate surface area is 113 Å². The Morgan fingerprint density at radius 1 is 1.37 bits per heavy atom. The summed E-state index contributed by atoms with van der Waals surface area (Å²) in [5.41, 5.74) is 1.81. The van der Waals surface area contributed by atoms with Crippen molar-refractivity contribution in [1.29, 1.82) is 0 Å². The lowest BCUT2D eigenvalue weighted by Gasteiger charge is -2.20. The molecule has 0 N–H and O–H groups in total. The minimum Gasteiger partial charge on any atom is -0.464 e. The molecular formula is C15H20N2O2. The number of ether oxygens (including phenoxy) is 1. The maximum Gasteiger partial charge on any atom is 0.328 e. The molecule has 1 unspecified atom stereocenters. The van der Waals surface area contributed by atoms with Gasteiger partial charge in [-0.25, -0.2) is 9.78 Å². The van der Waals surface area contributed by atoms with Crippen LogP contribution >= 0.6 is 0 Å². The van der Waals surface area contributed by atoms with Crippen molar-refractivity contribution in [3.8, 4) is 0 Å². The van der Waals surface area contributed by atoms with Gasteiger partial charge in [0.1, 0.15) is 6.04 Å². The maximum absolute atomic E-state index is 12.1. The van der Waals surface area contributed by atoms with Crippen LogP contribution in [0.4, 0.5) is 0 Å². The summed E-state index contributed by atoms with van der Waals surface area (Å²) in [6.07, 6.45) is 1.69. The molecule has 102 valence electrons. The largest absolute Gasteiger partial charge is 0.464 e. The smallest absolute Gasteiger partial charge is 0.328 e. The quantitative estimate of drug-likeness (QED) is 0.796. The number of hydrogen-bond acceptors (Lipinski definition) is 3. The zero-order chi connectivity index (χ0) is 14.0. The van der Waals surface area contributed by atoms with E-state index in [1.807, 2.05) is 56.5 Å². The van der Waals surface area contributed by atoms with E-state index in [1.54, 1.807) is 6.33 Å². The van der Waals surface area contributed by atoms with E-state index in [9.17, 15) is 4.79 Å². The number of esters is 1. The molecule has 1 heterocycles. The van der Waals surface area contributed by atoms with Gasteiger partial charge in [-0.05, 0) is 24.5 Å². The van der Waals surface area contributed by atoms with E-state index in [2.05, 4.69) is 4.98 Å². The molecule has 0 bridgehead atoms. The number of nitrogens with zero attached hydrogens (tertiary/aromatic N) is 2. The Kier molecular flexibility index (Phi) is 3.60. The van der Waals surface area contributed by atoms with Crippen molar-refractivity contribution >= 4 is 17.0 Å². The molecule has 0 fully saturated rings. The summed E-state index contributed by atoms with van der Waals surface area (Å²) >= 11 is 0. The fourth-order valence-electron chi connectivity index (χ4n) is 1.81. The lowest BCUT2D eigenvalue weighted by Crippen LogP contribution is -2.24. The molecule has 19 heavy (non-hydrogen) atoms. The fourth-order valence-corrected chi connectivity index (χ4v) is 1.81. The van der Waals surface area contributed by atoms with E-state index in [0.717, 1.165) is 11.0 Å². The Morgan fingerprint density at radius 2 is 2.05 bits per heavy atom. The van der Waals surface area contributed by atoms with Gasteiger partial charge in [-0.15, -0.1) is 0 Å². The second kappa shape index (κ2) is 5.03. The fraction of sp³-hybridized carbons (Fsp3) is 0.467. The molecule has 0 radical (unpaired) electrons. The summed E-state index contributed by atoms with van der Waals surface area (Å²) < 4.78 is 7.20. The first-order valence-electron chi connectivity index (χ1n) is 6.47. The molecule has 4 nitrogen and oxygen atoms in total. The van der Waals surface area contributed by atoms with Crippen LogP contribution in [-0.4, -0.2) is 22.1 Å². The molecule has 0 spiro atoms. The number of benzene rings is 1. The number of imidazole rings is 1. The molecule has 0 saturated heterocycles. The number of rotatable bonds is 3. The maximum atomic E-state index is 12.1. The standard InChI is InChI=1S/C15H20N2O2/c1-11(14(18)19-9-15(2,3)4)17-10-16-12-7-5-6-8-13(12)17/h5-8,10-11H,9H2,1-4H3. The van der Waals surface area contributed by atoms with Crippen molar-refractivity contribution in [3.05, 3.63) is 30.6 Å². The Morgan fingerprint density at radius 3 is 2.74 bits per heavy atom. The summed E-state index contributed by atoms with van der Waals surface area (Å²) in [6, 6.07) is 7.39. The second-order valence-corrected chi connectivity index (χ2v) is 5.98. The monoisotopic (exact) mass is 260 g/mol. The van der Waals surface area contributed by atoms with Crippen LogP contribution in [0, 0.1) is 5.41 Å². The van der Waals surface area contributed by atoms with Crippen LogP contribution in [0.1, 0.15) is 33.7 Å². The number of hydrogen-bond donors (Lipinski definition) is 0. The highest BCUT2D eigenvalue weighted by atomic mass is 16.5. The summed E-state index contributed by atoms with van der Waals surface area (Å²) in [7, 11) is 0. The Bertz CT molecular complexity index is 581. The van der Waals surface area contributed by atoms with Crippen molar-refractivity contribution in [2.24, 2.45) is 5.41 Å². The van der Waals surface area contributed by atoms with Gasteiger partial charge in [0.2, 0.25) is 0 Å².